The van der Waals surface area contributed by atoms with Gasteiger partial charge in [-0.3, -0.25) is 4.98 Å². The van der Waals surface area contributed by atoms with Gasteiger partial charge in [-0.25, -0.2) is 13.6 Å². The molecule has 1 aromatic rings. The van der Waals surface area contributed by atoms with Crippen LogP contribution >= 0.6 is 11.6 Å². The number of nitrogens with zero attached hydrogens (tertiary/aromatic N) is 1. The highest BCUT2D eigenvalue weighted by molar-refractivity contribution is 6.31. The normalized spacial score (nSPS) is 10.6. The van der Waals surface area contributed by atoms with Crippen LogP contribution in [0, 0.1) is 0 Å². The molecule has 4 nitrogen and oxygen atoms in total. The fourth-order valence-electron chi connectivity index (χ4n) is 1.24. The number of carbonyl (C=O) groups is 1. The molecule has 0 fully saturated rings. The van der Waals surface area contributed by atoms with E-state index in [1.54, 1.807) is 0 Å². The molecule has 0 spiro atoms. The number of esters is 1. The van der Waals surface area contributed by atoms with Gasteiger partial charge in [0.1, 0.15) is 0 Å². The Hall–Kier alpha value is -1.27. The second kappa shape index (κ2) is 5.18. The molecule has 0 saturated carbocycles. The molecule has 1 rings (SSSR count). The van der Waals surface area contributed by atoms with E-state index in [0.717, 1.165) is 13.3 Å². The summed E-state index contributed by atoms with van der Waals surface area (Å²) in [4.78, 5) is 15.1. The van der Waals surface area contributed by atoms with Crippen molar-refractivity contribution in [2.45, 2.75) is 13.0 Å². The lowest BCUT2D eigenvalue weighted by Crippen LogP contribution is -2.15. The second-order valence-corrected chi connectivity index (χ2v) is 3.25. The lowest BCUT2D eigenvalue weighted by molar-refractivity contribution is 0.0587. The molecule has 1 heterocycles. The van der Waals surface area contributed by atoms with Gasteiger partial charge in [0.2, 0.25) is 0 Å². The standard InChI is InChI=1S/C9H9ClF2N2O2/c1-16-9(15)7-5(2-13)14-3-4(10)6(7)8(11)12/h3,8H,2,13H2,1H3. The first kappa shape index (κ1) is 12.8. The van der Waals surface area contributed by atoms with Gasteiger partial charge >= 0.3 is 5.97 Å². The van der Waals surface area contributed by atoms with Crippen molar-refractivity contribution in [1.29, 1.82) is 0 Å². The van der Waals surface area contributed by atoms with Gasteiger partial charge in [0.15, 0.2) is 0 Å². The van der Waals surface area contributed by atoms with Crippen LogP contribution in [-0.2, 0) is 11.3 Å². The molecule has 0 bridgehead atoms. The predicted octanol–water partition coefficient (Wildman–Crippen LogP) is 1.92. The van der Waals surface area contributed by atoms with Crippen LogP contribution in [0.3, 0.4) is 0 Å². The quantitative estimate of drug-likeness (QED) is 0.833. The Morgan fingerprint density at radius 1 is 1.69 bits per heavy atom. The number of nitrogens with two attached hydrogens (primary N) is 1. The van der Waals surface area contributed by atoms with Crippen molar-refractivity contribution in [3.63, 3.8) is 0 Å². The first-order valence-electron chi connectivity index (χ1n) is 4.26. The summed E-state index contributed by atoms with van der Waals surface area (Å²) in [6.45, 7) is -0.151. The summed E-state index contributed by atoms with van der Waals surface area (Å²) in [7, 11) is 1.08. The topological polar surface area (TPSA) is 65.2 Å². The van der Waals surface area contributed by atoms with Crippen LogP contribution in [0.2, 0.25) is 5.02 Å². The monoisotopic (exact) mass is 250 g/mol. The first-order chi connectivity index (χ1) is 7.52. The van der Waals surface area contributed by atoms with Gasteiger partial charge in [0, 0.05) is 12.7 Å². The van der Waals surface area contributed by atoms with E-state index >= 15 is 0 Å². The molecule has 0 aromatic carbocycles. The Kier molecular flexibility index (Phi) is 4.14. The van der Waals surface area contributed by atoms with Crippen LogP contribution in [-0.4, -0.2) is 18.1 Å². The third-order valence-corrected chi connectivity index (χ3v) is 2.25. The van der Waals surface area contributed by atoms with Crippen molar-refractivity contribution >= 4 is 17.6 Å². The van der Waals surface area contributed by atoms with Gasteiger partial charge in [-0.05, 0) is 0 Å². The minimum atomic E-state index is -2.89. The van der Waals surface area contributed by atoms with E-state index in [2.05, 4.69) is 9.72 Å². The molecule has 0 unspecified atom stereocenters. The van der Waals surface area contributed by atoms with Crippen molar-refractivity contribution in [2.24, 2.45) is 5.73 Å². The van der Waals surface area contributed by atoms with Crippen molar-refractivity contribution in [2.75, 3.05) is 7.11 Å². The zero-order valence-electron chi connectivity index (χ0n) is 8.34. The number of carbonyl (C=O) groups excluding carboxylic acids is 1. The van der Waals surface area contributed by atoms with Gasteiger partial charge in [-0.15, -0.1) is 0 Å². The average molecular weight is 251 g/mol. The molecule has 2 N–H and O–H groups in total. The summed E-state index contributed by atoms with van der Waals surface area (Å²) in [6.07, 6.45) is -1.85. The van der Waals surface area contributed by atoms with Crippen molar-refractivity contribution in [1.82, 2.24) is 4.98 Å². The van der Waals surface area contributed by atoms with E-state index in [9.17, 15) is 13.6 Å². The lowest BCUT2D eigenvalue weighted by Gasteiger charge is -2.12. The smallest absolute Gasteiger partial charge is 0.340 e. The Labute approximate surface area is 95.4 Å². The van der Waals surface area contributed by atoms with Crippen molar-refractivity contribution in [3.05, 3.63) is 28.0 Å². The summed E-state index contributed by atoms with van der Waals surface area (Å²) < 4.78 is 29.9. The van der Waals surface area contributed by atoms with Gasteiger partial charge in [0.25, 0.3) is 6.43 Å². The van der Waals surface area contributed by atoms with Gasteiger partial charge in [0.05, 0.1) is 29.0 Å². The maximum absolute atomic E-state index is 12.7. The summed E-state index contributed by atoms with van der Waals surface area (Å²) in [5.74, 6) is -0.925. The van der Waals surface area contributed by atoms with Crippen LogP contribution in [0.25, 0.3) is 0 Å². The fraction of sp³-hybridized carbons (Fsp3) is 0.333. The Morgan fingerprint density at radius 2 is 2.31 bits per heavy atom. The number of halogens is 3. The number of hydrogen-bond acceptors (Lipinski definition) is 4. The maximum atomic E-state index is 12.7. The van der Waals surface area contributed by atoms with Crippen LogP contribution in [0.15, 0.2) is 6.20 Å². The molecular weight excluding hydrogens is 242 g/mol. The van der Waals surface area contributed by atoms with Crippen LogP contribution < -0.4 is 5.73 Å². The molecule has 7 heteroatoms. The Morgan fingerprint density at radius 3 is 2.75 bits per heavy atom. The third-order valence-electron chi connectivity index (χ3n) is 1.95. The predicted molar refractivity (Wildman–Crippen MR) is 53.4 cm³/mol. The minimum Gasteiger partial charge on any atom is -0.465 e. The Bertz CT molecular complexity index is 413. The van der Waals surface area contributed by atoms with Gasteiger partial charge in [-0.2, -0.15) is 0 Å². The van der Waals surface area contributed by atoms with E-state index < -0.39 is 18.0 Å². The van der Waals surface area contributed by atoms with Crippen molar-refractivity contribution in [3.8, 4) is 0 Å². The molecule has 0 amide bonds. The summed E-state index contributed by atoms with van der Waals surface area (Å²) in [5, 5.41) is -0.285. The third kappa shape index (κ3) is 2.28. The molecule has 0 atom stereocenters. The molecule has 1 aromatic heterocycles. The van der Waals surface area contributed by atoms with Crippen LogP contribution in [0.4, 0.5) is 8.78 Å². The zero-order valence-corrected chi connectivity index (χ0v) is 9.09. The SMILES string of the molecule is COC(=O)c1c(CN)ncc(Cl)c1C(F)F. The largest absolute Gasteiger partial charge is 0.465 e. The highest BCUT2D eigenvalue weighted by Crippen LogP contribution is 2.31. The molecule has 0 radical (unpaired) electrons. The number of hydrogen-bond donors (Lipinski definition) is 1. The number of rotatable bonds is 3. The minimum absolute atomic E-state index is 0.0338. The average Bonchev–Trinajstić information content (AvgIpc) is 2.27. The molecule has 0 saturated heterocycles. The molecule has 0 aliphatic carbocycles. The number of pyridine rings is 1. The maximum Gasteiger partial charge on any atom is 0.340 e. The van der Waals surface area contributed by atoms with Crippen LogP contribution in [0.5, 0.6) is 0 Å². The van der Waals surface area contributed by atoms with E-state index in [4.69, 9.17) is 17.3 Å². The molecular formula is C9H9ClF2N2O2. The lowest BCUT2D eigenvalue weighted by atomic mass is 10.1. The van der Waals surface area contributed by atoms with E-state index in [0.29, 0.717) is 0 Å². The van der Waals surface area contributed by atoms with Gasteiger partial charge < -0.3 is 10.5 Å². The highest BCUT2D eigenvalue weighted by Gasteiger charge is 2.26. The zero-order chi connectivity index (χ0) is 12.3. The second-order valence-electron chi connectivity index (χ2n) is 2.84. The Balaban J connectivity index is 3.48. The summed E-state index contributed by atoms with van der Waals surface area (Å²) in [5.41, 5.74) is 4.39. The number of aromatic nitrogens is 1. The molecule has 0 aliphatic heterocycles. The highest BCUT2D eigenvalue weighted by atomic mass is 35.5. The summed E-state index contributed by atoms with van der Waals surface area (Å²) >= 11 is 5.56. The van der Waals surface area contributed by atoms with Gasteiger partial charge in [-0.1, -0.05) is 11.6 Å². The molecule has 88 valence electrons. The van der Waals surface area contributed by atoms with Crippen molar-refractivity contribution < 1.29 is 18.3 Å². The summed E-state index contributed by atoms with van der Waals surface area (Å²) in [6, 6.07) is 0. The number of alkyl halides is 2. The van der Waals surface area contributed by atoms with Crippen LogP contribution in [0.1, 0.15) is 28.0 Å². The first-order valence-corrected chi connectivity index (χ1v) is 4.64. The van der Waals surface area contributed by atoms with E-state index in [1.165, 1.54) is 0 Å². The molecule has 0 aliphatic rings. The number of ether oxygens (including phenoxy) is 1. The van der Waals surface area contributed by atoms with E-state index in [1.807, 2.05) is 0 Å². The van der Waals surface area contributed by atoms with E-state index in [-0.39, 0.29) is 22.8 Å². The number of methoxy groups -OCH3 is 1. The fourth-order valence-corrected chi connectivity index (χ4v) is 1.47. The molecule has 16 heavy (non-hydrogen) atoms.